The summed E-state index contributed by atoms with van der Waals surface area (Å²) < 4.78 is 20.8. The van der Waals surface area contributed by atoms with Crippen molar-refractivity contribution < 1.29 is 13.6 Å². The second kappa shape index (κ2) is 6.72. The van der Waals surface area contributed by atoms with E-state index in [9.17, 15) is 9.18 Å². The molecule has 3 aromatic heterocycles. The van der Waals surface area contributed by atoms with Gasteiger partial charge in [0.25, 0.3) is 5.91 Å². The normalized spacial score (nSPS) is 14.1. The fraction of sp³-hybridized carbons (Fsp3) is 0.167. The third-order valence-electron chi connectivity index (χ3n) is 3.94. The van der Waals surface area contributed by atoms with Gasteiger partial charge in [0, 0.05) is 19.7 Å². The van der Waals surface area contributed by atoms with Crippen molar-refractivity contribution in [2.75, 3.05) is 0 Å². The van der Waals surface area contributed by atoms with Crippen LogP contribution in [0.15, 0.2) is 57.7 Å². The molecule has 0 saturated heterocycles. The van der Waals surface area contributed by atoms with Crippen LogP contribution < -0.4 is 5.32 Å². The first-order valence-corrected chi connectivity index (χ1v) is 8.84. The van der Waals surface area contributed by atoms with Gasteiger partial charge in [-0.2, -0.15) is 5.10 Å². The second-order valence-corrected chi connectivity index (χ2v) is 6.82. The van der Waals surface area contributed by atoms with Crippen LogP contribution in [0.5, 0.6) is 0 Å². The average molecular weight is 370 g/mol. The number of carbonyl (C=O) groups is 1. The Kier molecular flexibility index (Phi) is 4.26. The highest BCUT2D eigenvalue weighted by atomic mass is 32.1. The van der Waals surface area contributed by atoms with E-state index < -0.39 is 5.83 Å². The number of thiophene rings is 1. The van der Waals surface area contributed by atoms with Gasteiger partial charge in [-0.3, -0.25) is 9.48 Å². The van der Waals surface area contributed by atoms with Gasteiger partial charge in [-0.1, -0.05) is 0 Å². The first kappa shape index (κ1) is 16.5. The van der Waals surface area contributed by atoms with E-state index in [1.54, 1.807) is 29.3 Å². The number of aliphatic imine (C=N–C) groups is 1. The van der Waals surface area contributed by atoms with Gasteiger partial charge in [-0.15, -0.1) is 11.3 Å². The van der Waals surface area contributed by atoms with Crippen LogP contribution in [-0.2, 0) is 7.05 Å². The Labute approximate surface area is 152 Å². The lowest BCUT2D eigenvalue weighted by Crippen LogP contribution is -2.22. The summed E-state index contributed by atoms with van der Waals surface area (Å²) in [6.45, 7) is 0. The highest BCUT2D eigenvalue weighted by Crippen LogP contribution is 2.31. The summed E-state index contributed by atoms with van der Waals surface area (Å²) in [5.74, 6) is -0.0954. The molecule has 132 valence electrons. The van der Waals surface area contributed by atoms with Crippen molar-refractivity contribution in [1.82, 2.24) is 15.1 Å². The number of aromatic nitrogens is 2. The van der Waals surface area contributed by atoms with Gasteiger partial charge in [-0.25, -0.2) is 9.38 Å². The van der Waals surface area contributed by atoms with Crippen molar-refractivity contribution in [3.63, 3.8) is 0 Å². The summed E-state index contributed by atoms with van der Waals surface area (Å²) in [6, 6.07) is 9.10. The molecule has 6 nitrogen and oxygen atoms in total. The number of nitrogens with one attached hydrogen (secondary N) is 1. The van der Waals surface area contributed by atoms with E-state index in [1.807, 2.05) is 25.2 Å². The van der Waals surface area contributed by atoms with Crippen molar-refractivity contribution in [1.29, 1.82) is 0 Å². The van der Waals surface area contributed by atoms with Crippen LogP contribution in [0.2, 0.25) is 0 Å². The summed E-state index contributed by atoms with van der Waals surface area (Å²) in [5.41, 5.74) is 1.58. The SMILES string of the molecule is Cn1nc(-c2ccco2)cc1-c1ccc(C(=O)NC2=C(F)CCC=N2)s1. The molecule has 3 aromatic rings. The Morgan fingerprint density at radius 1 is 1.38 bits per heavy atom. The van der Waals surface area contributed by atoms with E-state index in [1.165, 1.54) is 11.3 Å². The number of rotatable bonds is 4. The standard InChI is InChI=1S/C18H15FN4O2S/c1-23-13(10-12(22-23)14-5-3-9-25-14)15-6-7-16(26-15)18(24)21-17-11(19)4-2-8-20-17/h3,5-10H,2,4H2,1H3,(H,21,24). The monoisotopic (exact) mass is 370 g/mol. The highest BCUT2D eigenvalue weighted by molar-refractivity contribution is 7.17. The number of halogens is 1. The van der Waals surface area contributed by atoms with Gasteiger partial charge in [0.05, 0.1) is 21.7 Å². The molecule has 0 atom stereocenters. The molecule has 1 N–H and O–H groups in total. The fourth-order valence-electron chi connectivity index (χ4n) is 2.64. The van der Waals surface area contributed by atoms with Crippen LogP contribution in [0.4, 0.5) is 4.39 Å². The van der Waals surface area contributed by atoms with Crippen molar-refractivity contribution in [2.45, 2.75) is 12.8 Å². The molecule has 1 amide bonds. The summed E-state index contributed by atoms with van der Waals surface area (Å²) in [6.07, 6.45) is 4.01. The van der Waals surface area contributed by atoms with Crippen LogP contribution >= 0.6 is 11.3 Å². The van der Waals surface area contributed by atoms with E-state index >= 15 is 0 Å². The van der Waals surface area contributed by atoms with Crippen molar-refractivity contribution in [3.05, 3.63) is 53.1 Å². The van der Waals surface area contributed by atoms with Crippen LogP contribution in [-0.4, -0.2) is 21.9 Å². The number of furan rings is 1. The van der Waals surface area contributed by atoms with Crippen LogP contribution in [0.1, 0.15) is 22.5 Å². The van der Waals surface area contributed by atoms with E-state index in [-0.39, 0.29) is 18.1 Å². The first-order valence-electron chi connectivity index (χ1n) is 8.02. The molecule has 0 bridgehead atoms. The zero-order valence-corrected chi connectivity index (χ0v) is 14.7. The second-order valence-electron chi connectivity index (χ2n) is 5.74. The van der Waals surface area contributed by atoms with E-state index in [4.69, 9.17) is 4.42 Å². The van der Waals surface area contributed by atoms with E-state index in [2.05, 4.69) is 15.4 Å². The molecule has 4 heterocycles. The maximum atomic E-state index is 13.7. The molecule has 1 aliphatic rings. The predicted octanol–water partition coefficient (Wildman–Crippen LogP) is 4.14. The van der Waals surface area contributed by atoms with E-state index in [0.29, 0.717) is 17.1 Å². The molecule has 0 saturated carbocycles. The number of allylic oxidation sites excluding steroid dienone is 1. The quantitative estimate of drug-likeness (QED) is 0.750. The molecule has 0 aliphatic carbocycles. The number of amides is 1. The van der Waals surface area contributed by atoms with Crippen LogP contribution in [0, 0.1) is 0 Å². The Bertz CT molecular complexity index is 1010. The first-order chi connectivity index (χ1) is 12.6. The zero-order chi connectivity index (χ0) is 18.1. The zero-order valence-electron chi connectivity index (χ0n) is 13.9. The Morgan fingerprint density at radius 2 is 2.27 bits per heavy atom. The average Bonchev–Trinajstić information content (AvgIpc) is 3.36. The molecular weight excluding hydrogens is 355 g/mol. The summed E-state index contributed by atoms with van der Waals surface area (Å²) >= 11 is 1.31. The molecule has 1 aliphatic heterocycles. The number of nitrogens with zero attached hydrogens (tertiary/aromatic N) is 3. The smallest absolute Gasteiger partial charge is 0.266 e. The minimum Gasteiger partial charge on any atom is -0.463 e. The van der Waals surface area contributed by atoms with Gasteiger partial charge in [-0.05, 0) is 36.8 Å². The molecule has 0 fully saturated rings. The molecule has 0 unspecified atom stereocenters. The third-order valence-corrected chi connectivity index (χ3v) is 5.04. The van der Waals surface area contributed by atoms with Gasteiger partial charge >= 0.3 is 0 Å². The minimum atomic E-state index is -0.396. The Hall–Kier alpha value is -3.00. The largest absolute Gasteiger partial charge is 0.463 e. The fourth-order valence-corrected chi connectivity index (χ4v) is 3.59. The number of carbonyl (C=O) groups excluding carboxylic acids is 1. The molecule has 0 aromatic carbocycles. The minimum absolute atomic E-state index is 0.00293. The number of hydrogen-bond donors (Lipinski definition) is 1. The van der Waals surface area contributed by atoms with Crippen molar-refractivity contribution in [2.24, 2.45) is 12.0 Å². The molecule has 0 radical (unpaired) electrons. The summed E-state index contributed by atoms with van der Waals surface area (Å²) in [7, 11) is 1.83. The maximum Gasteiger partial charge on any atom is 0.266 e. The molecule has 0 spiro atoms. The molecule has 4 rings (SSSR count). The topological polar surface area (TPSA) is 72.4 Å². The van der Waals surface area contributed by atoms with Gasteiger partial charge in [0.2, 0.25) is 0 Å². The van der Waals surface area contributed by atoms with Gasteiger partial charge < -0.3 is 9.73 Å². The highest BCUT2D eigenvalue weighted by Gasteiger charge is 2.18. The maximum absolute atomic E-state index is 13.7. The lowest BCUT2D eigenvalue weighted by molar-refractivity contribution is 0.0968. The molecular formula is C18H15FN4O2S. The van der Waals surface area contributed by atoms with Gasteiger partial charge in [0.1, 0.15) is 11.5 Å². The molecule has 26 heavy (non-hydrogen) atoms. The van der Waals surface area contributed by atoms with Crippen molar-refractivity contribution >= 4 is 23.5 Å². The van der Waals surface area contributed by atoms with Crippen LogP contribution in [0.3, 0.4) is 0 Å². The van der Waals surface area contributed by atoms with Crippen molar-refractivity contribution in [3.8, 4) is 22.0 Å². The lowest BCUT2D eigenvalue weighted by Gasteiger charge is -2.09. The lowest BCUT2D eigenvalue weighted by atomic mass is 10.2. The van der Waals surface area contributed by atoms with E-state index in [0.717, 1.165) is 16.3 Å². The Balaban J connectivity index is 1.57. The van der Waals surface area contributed by atoms with Gasteiger partial charge in [0.15, 0.2) is 11.6 Å². The number of hydrogen-bond acceptors (Lipinski definition) is 5. The third kappa shape index (κ3) is 3.11. The molecule has 8 heteroatoms. The van der Waals surface area contributed by atoms with Crippen LogP contribution in [0.25, 0.3) is 22.0 Å². The number of aryl methyl sites for hydroxylation is 1. The summed E-state index contributed by atoms with van der Waals surface area (Å²) in [5, 5.41) is 6.97. The summed E-state index contributed by atoms with van der Waals surface area (Å²) in [4.78, 5) is 17.6. The predicted molar refractivity (Wildman–Crippen MR) is 97.5 cm³/mol. The Morgan fingerprint density at radius 3 is 3.04 bits per heavy atom.